The molecule has 2 aromatic rings. The average Bonchev–Trinajstić information content (AvgIpc) is 3.16. The summed E-state index contributed by atoms with van der Waals surface area (Å²) in [4.78, 5) is 15.1. The summed E-state index contributed by atoms with van der Waals surface area (Å²) in [5, 5.41) is 15.0. The molecule has 0 radical (unpaired) electrons. The van der Waals surface area contributed by atoms with Gasteiger partial charge in [0.25, 0.3) is 5.56 Å². The fourth-order valence-electron chi connectivity index (χ4n) is 3.23. The van der Waals surface area contributed by atoms with Gasteiger partial charge in [0.05, 0.1) is 26.0 Å². The Hall–Kier alpha value is -2.81. The van der Waals surface area contributed by atoms with Crippen molar-refractivity contribution in [2.24, 2.45) is 5.10 Å². The molecule has 9 heteroatoms. The molecule has 3 rings (SSSR count). The molecule has 28 heavy (non-hydrogen) atoms. The van der Waals surface area contributed by atoms with Gasteiger partial charge in [0.2, 0.25) is 5.88 Å². The van der Waals surface area contributed by atoms with Crippen LogP contribution in [-0.4, -0.2) is 34.6 Å². The van der Waals surface area contributed by atoms with E-state index in [1.54, 1.807) is 24.9 Å². The van der Waals surface area contributed by atoms with Crippen molar-refractivity contribution in [1.82, 2.24) is 15.0 Å². The molecule has 1 aromatic heterocycles. The molecular formula is C19H24N4O4S. The van der Waals surface area contributed by atoms with Gasteiger partial charge in [-0.25, -0.2) is 0 Å². The van der Waals surface area contributed by atoms with E-state index in [1.807, 2.05) is 19.1 Å². The fourth-order valence-corrected chi connectivity index (χ4v) is 3.50. The van der Waals surface area contributed by atoms with Crippen molar-refractivity contribution in [2.45, 2.75) is 38.8 Å². The molecule has 0 bridgehead atoms. The maximum atomic E-state index is 12.5. The predicted octanol–water partition coefficient (Wildman–Crippen LogP) is 2.87. The first-order chi connectivity index (χ1) is 13.5. The Bertz CT molecular complexity index is 1010. The molecule has 0 fully saturated rings. The molecule has 1 aromatic carbocycles. The van der Waals surface area contributed by atoms with E-state index < -0.39 is 5.56 Å². The summed E-state index contributed by atoms with van der Waals surface area (Å²) >= 11 is 5.19. The van der Waals surface area contributed by atoms with E-state index >= 15 is 0 Å². The Labute approximate surface area is 167 Å². The van der Waals surface area contributed by atoms with Crippen LogP contribution >= 0.6 is 12.2 Å². The summed E-state index contributed by atoms with van der Waals surface area (Å²) in [5.41, 5.74) is 4.09. The monoisotopic (exact) mass is 404 g/mol. The molecule has 3 N–H and O–H groups in total. The lowest BCUT2D eigenvalue weighted by molar-refractivity contribution is 0.386. The van der Waals surface area contributed by atoms with Crippen LogP contribution in [0.4, 0.5) is 0 Å². The van der Waals surface area contributed by atoms with Gasteiger partial charge in [0, 0.05) is 24.6 Å². The second kappa shape index (κ2) is 8.47. The van der Waals surface area contributed by atoms with E-state index in [-0.39, 0.29) is 22.3 Å². The summed E-state index contributed by atoms with van der Waals surface area (Å²) in [6, 6.07) is 5.34. The van der Waals surface area contributed by atoms with Gasteiger partial charge in [-0.15, -0.1) is 0 Å². The SMILES string of the molecule is CCCCn1c(O)c(C2=NN[C@H](c3ccc(OC)cc3OC)C2)c(=O)[nH]c1=S. The largest absolute Gasteiger partial charge is 0.497 e. The van der Waals surface area contributed by atoms with Crippen molar-refractivity contribution in [2.75, 3.05) is 14.2 Å². The van der Waals surface area contributed by atoms with Crippen molar-refractivity contribution < 1.29 is 14.6 Å². The maximum Gasteiger partial charge on any atom is 0.264 e. The fraction of sp³-hybridized carbons (Fsp3) is 0.421. The van der Waals surface area contributed by atoms with Crippen LogP contribution in [-0.2, 0) is 6.54 Å². The summed E-state index contributed by atoms with van der Waals surface area (Å²) in [6.07, 6.45) is 2.20. The van der Waals surface area contributed by atoms with Crippen LogP contribution in [0.1, 0.15) is 43.4 Å². The number of H-pyrrole nitrogens is 1. The molecule has 150 valence electrons. The van der Waals surface area contributed by atoms with E-state index in [0.717, 1.165) is 18.4 Å². The Morgan fingerprint density at radius 1 is 1.36 bits per heavy atom. The van der Waals surface area contributed by atoms with Crippen LogP contribution < -0.4 is 20.5 Å². The van der Waals surface area contributed by atoms with Gasteiger partial charge in [-0.05, 0) is 30.8 Å². The molecule has 2 heterocycles. The van der Waals surface area contributed by atoms with Crippen molar-refractivity contribution in [3.05, 3.63) is 44.5 Å². The number of benzene rings is 1. The molecule has 0 aliphatic carbocycles. The number of aromatic nitrogens is 2. The highest BCUT2D eigenvalue weighted by Gasteiger charge is 2.28. The number of hydrazone groups is 1. The van der Waals surface area contributed by atoms with Gasteiger partial charge < -0.3 is 20.0 Å². The standard InChI is InChI=1S/C19H24N4O4S/c1-4-5-8-23-18(25)16(17(24)20-19(23)28)14-10-13(21-22-14)12-7-6-11(26-2)9-15(12)27-3/h6-7,9,13,21,25H,4-5,8,10H2,1-3H3,(H,20,24,28)/t13-/m0/s1. The lowest BCUT2D eigenvalue weighted by Crippen LogP contribution is -2.23. The number of aromatic amines is 1. The van der Waals surface area contributed by atoms with Crippen LogP contribution in [0, 0.1) is 4.77 Å². The lowest BCUT2D eigenvalue weighted by Gasteiger charge is -2.16. The minimum Gasteiger partial charge on any atom is -0.497 e. The molecule has 0 spiro atoms. The third-order valence-corrected chi connectivity index (χ3v) is 5.09. The number of nitrogens with one attached hydrogen (secondary N) is 2. The molecule has 1 aliphatic heterocycles. The van der Waals surface area contributed by atoms with Crippen molar-refractivity contribution in [1.29, 1.82) is 0 Å². The Morgan fingerprint density at radius 2 is 2.14 bits per heavy atom. The number of nitrogens with zero attached hydrogens (tertiary/aromatic N) is 2. The first kappa shape index (κ1) is 19.9. The average molecular weight is 404 g/mol. The summed E-state index contributed by atoms with van der Waals surface area (Å²) in [5.74, 6) is 1.20. The third kappa shape index (κ3) is 3.75. The zero-order valence-electron chi connectivity index (χ0n) is 16.1. The van der Waals surface area contributed by atoms with Crippen LogP contribution in [0.2, 0.25) is 0 Å². The van der Waals surface area contributed by atoms with E-state index in [4.69, 9.17) is 21.7 Å². The molecular weight excluding hydrogens is 380 g/mol. The second-order valence-electron chi connectivity index (χ2n) is 6.52. The summed E-state index contributed by atoms with van der Waals surface area (Å²) in [7, 11) is 3.18. The van der Waals surface area contributed by atoms with Crippen molar-refractivity contribution in [3.63, 3.8) is 0 Å². The second-order valence-corrected chi connectivity index (χ2v) is 6.90. The molecule has 1 atom stereocenters. The van der Waals surface area contributed by atoms with Crippen LogP contribution in [0.3, 0.4) is 0 Å². The molecule has 8 nitrogen and oxygen atoms in total. The Kier molecular flexibility index (Phi) is 6.03. The molecule has 0 saturated heterocycles. The number of rotatable bonds is 7. The number of hydrogen-bond acceptors (Lipinski definition) is 7. The highest BCUT2D eigenvalue weighted by atomic mass is 32.1. The van der Waals surface area contributed by atoms with E-state index in [2.05, 4.69) is 15.5 Å². The van der Waals surface area contributed by atoms with E-state index in [9.17, 15) is 9.90 Å². The van der Waals surface area contributed by atoms with E-state index in [1.165, 1.54) is 0 Å². The van der Waals surface area contributed by atoms with Gasteiger partial charge in [-0.1, -0.05) is 13.3 Å². The predicted molar refractivity (Wildman–Crippen MR) is 109 cm³/mol. The molecule has 0 saturated carbocycles. The first-order valence-corrected chi connectivity index (χ1v) is 9.51. The topological polar surface area (TPSA) is 101 Å². The Morgan fingerprint density at radius 3 is 2.82 bits per heavy atom. The van der Waals surface area contributed by atoms with Crippen LogP contribution in [0.25, 0.3) is 0 Å². The highest BCUT2D eigenvalue weighted by molar-refractivity contribution is 7.71. The smallest absolute Gasteiger partial charge is 0.264 e. The number of unbranched alkanes of at least 4 members (excludes halogenated alkanes) is 1. The summed E-state index contributed by atoms with van der Waals surface area (Å²) in [6.45, 7) is 2.58. The molecule has 0 unspecified atom stereocenters. The lowest BCUT2D eigenvalue weighted by atomic mass is 9.99. The minimum atomic E-state index is -0.446. The van der Waals surface area contributed by atoms with Gasteiger partial charge in [-0.3, -0.25) is 14.3 Å². The van der Waals surface area contributed by atoms with Crippen LogP contribution in [0.15, 0.2) is 28.1 Å². The maximum absolute atomic E-state index is 12.5. The molecule has 1 aliphatic rings. The third-order valence-electron chi connectivity index (χ3n) is 4.76. The van der Waals surface area contributed by atoms with E-state index in [0.29, 0.717) is 30.2 Å². The van der Waals surface area contributed by atoms with Gasteiger partial charge >= 0.3 is 0 Å². The first-order valence-electron chi connectivity index (χ1n) is 9.10. The zero-order chi connectivity index (χ0) is 20.3. The van der Waals surface area contributed by atoms with Gasteiger partial charge in [0.15, 0.2) is 4.77 Å². The van der Waals surface area contributed by atoms with Gasteiger partial charge in [-0.2, -0.15) is 5.10 Å². The van der Waals surface area contributed by atoms with Crippen LogP contribution in [0.5, 0.6) is 17.4 Å². The normalized spacial score (nSPS) is 15.8. The summed E-state index contributed by atoms with van der Waals surface area (Å²) < 4.78 is 12.4. The number of aromatic hydroxyl groups is 1. The van der Waals surface area contributed by atoms with Gasteiger partial charge in [0.1, 0.15) is 17.1 Å². The van der Waals surface area contributed by atoms with Crippen molar-refractivity contribution >= 4 is 17.9 Å². The quantitative estimate of drug-likeness (QED) is 0.614. The minimum absolute atomic E-state index is 0.146. The Balaban J connectivity index is 1.92. The molecule has 0 amide bonds. The number of hydrogen-bond donors (Lipinski definition) is 3. The van der Waals surface area contributed by atoms with Crippen molar-refractivity contribution in [3.8, 4) is 17.4 Å². The number of methoxy groups -OCH3 is 2. The zero-order valence-corrected chi connectivity index (χ0v) is 16.9. The number of ether oxygens (including phenoxy) is 2. The highest BCUT2D eigenvalue weighted by Crippen LogP contribution is 2.34.